The van der Waals surface area contributed by atoms with Gasteiger partial charge in [-0.1, -0.05) is 24.3 Å². The lowest BCUT2D eigenvalue weighted by Crippen LogP contribution is -2.24. The Balaban J connectivity index is 1.94. The van der Waals surface area contributed by atoms with Gasteiger partial charge in [-0.2, -0.15) is 0 Å². The van der Waals surface area contributed by atoms with Crippen molar-refractivity contribution in [1.82, 2.24) is 0 Å². The molecule has 1 fully saturated rings. The predicted molar refractivity (Wildman–Crippen MR) is 70.6 cm³/mol. The molecular weight excluding hydrogens is 224 g/mol. The van der Waals surface area contributed by atoms with Gasteiger partial charge >= 0.3 is 0 Å². The van der Waals surface area contributed by atoms with Crippen LogP contribution >= 0.6 is 0 Å². The van der Waals surface area contributed by atoms with Crippen LogP contribution in [0.25, 0.3) is 0 Å². The van der Waals surface area contributed by atoms with Gasteiger partial charge in [0.25, 0.3) is 0 Å². The quantitative estimate of drug-likeness (QED) is 0.761. The molecule has 2 aliphatic carbocycles. The van der Waals surface area contributed by atoms with Gasteiger partial charge in [0.15, 0.2) is 0 Å². The molecule has 2 bridgehead atoms. The predicted octanol–water partition coefficient (Wildman–Crippen LogP) is 3.19. The van der Waals surface area contributed by atoms with E-state index in [1.165, 1.54) is 5.56 Å². The second-order valence-electron chi connectivity index (χ2n) is 5.38. The van der Waals surface area contributed by atoms with Crippen LogP contribution in [0.15, 0.2) is 36.4 Å². The molecule has 4 atom stereocenters. The summed E-state index contributed by atoms with van der Waals surface area (Å²) >= 11 is 0. The number of fused-ring (bicyclic) bond motifs is 2. The van der Waals surface area contributed by atoms with E-state index < -0.39 is 0 Å². The molecule has 3 rings (SSSR count). The molecule has 2 nitrogen and oxygen atoms in total. The molecule has 0 radical (unpaired) electrons. The van der Waals surface area contributed by atoms with E-state index in [1.807, 2.05) is 12.1 Å². The van der Waals surface area contributed by atoms with Gasteiger partial charge < -0.3 is 4.74 Å². The Labute approximate surface area is 108 Å². The normalized spacial score (nSPS) is 32.8. The highest BCUT2D eigenvalue weighted by Gasteiger charge is 2.47. The van der Waals surface area contributed by atoms with E-state index >= 15 is 0 Å². The Morgan fingerprint density at radius 3 is 2.44 bits per heavy atom. The first-order valence-electron chi connectivity index (χ1n) is 6.53. The molecule has 0 spiro atoms. The van der Waals surface area contributed by atoms with Crippen LogP contribution in [0, 0.1) is 17.8 Å². The molecule has 1 saturated carbocycles. The zero-order valence-corrected chi connectivity index (χ0v) is 10.8. The Hall–Kier alpha value is -1.57. The van der Waals surface area contributed by atoms with Crippen molar-refractivity contribution in [3.63, 3.8) is 0 Å². The maximum Gasteiger partial charge on any atom is 0.134 e. The molecule has 1 aromatic carbocycles. The number of Topliss-reactive ketones (excluding diaryl/α,β-unsaturated/α-hetero) is 1. The molecule has 0 unspecified atom stereocenters. The topological polar surface area (TPSA) is 26.3 Å². The number of benzene rings is 1. The van der Waals surface area contributed by atoms with E-state index in [0.29, 0.717) is 23.5 Å². The third-order valence-electron chi connectivity index (χ3n) is 4.43. The number of ether oxygens (including phenoxy) is 1. The summed E-state index contributed by atoms with van der Waals surface area (Å²) in [5, 5.41) is 0. The van der Waals surface area contributed by atoms with Crippen LogP contribution in [0.5, 0.6) is 5.75 Å². The molecule has 1 aromatic rings. The minimum Gasteiger partial charge on any atom is -0.497 e. The number of allylic oxidation sites excluding steroid dienone is 2. The number of rotatable bonds is 3. The number of ketones is 1. The number of carbonyl (C=O) groups excluding carboxylic acids is 1. The van der Waals surface area contributed by atoms with Gasteiger partial charge in [0.1, 0.15) is 11.5 Å². The lowest BCUT2D eigenvalue weighted by atomic mass is 9.77. The molecule has 0 N–H and O–H groups in total. The van der Waals surface area contributed by atoms with Crippen molar-refractivity contribution in [3.8, 4) is 5.75 Å². The van der Waals surface area contributed by atoms with Crippen LogP contribution in [-0.2, 0) is 4.79 Å². The van der Waals surface area contributed by atoms with Crippen molar-refractivity contribution in [2.24, 2.45) is 17.8 Å². The number of hydrogen-bond acceptors (Lipinski definition) is 2. The molecular formula is C16H18O2. The van der Waals surface area contributed by atoms with Crippen molar-refractivity contribution >= 4 is 5.78 Å². The first-order valence-corrected chi connectivity index (χ1v) is 6.53. The monoisotopic (exact) mass is 242 g/mol. The van der Waals surface area contributed by atoms with Crippen LogP contribution in [-0.4, -0.2) is 12.9 Å². The van der Waals surface area contributed by atoms with E-state index in [9.17, 15) is 4.79 Å². The van der Waals surface area contributed by atoms with E-state index in [2.05, 4.69) is 24.3 Å². The van der Waals surface area contributed by atoms with Gasteiger partial charge in [-0.15, -0.1) is 0 Å². The minimum absolute atomic E-state index is 0.174. The van der Waals surface area contributed by atoms with Gasteiger partial charge in [-0.05, 0) is 42.9 Å². The number of hydrogen-bond donors (Lipinski definition) is 0. The molecule has 0 heterocycles. The highest BCUT2D eigenvalue weighted by atomic mass is 16.5. The summed E-state index contributed by atoms with van der Waals surface area (Å²) in [6, 6.07) is 8.19. The number of methoxy groups -OCH3 is 1. The van der Waals surface area contributed by atoms with Crippen molar-refractivity contribution in [3.05, 3.63) is 42.0 Å². The first-order chi connectivity index (χ1) is 8.70. The third kappa shape index (κ3) is 1.67. The summed E-state index contributed by atoms with van der Waals surface area (Å²) in [7, 11) is 1.67. The SMILES string of the molecule is COc1ccc([C@H]2[C@H](C(C)=O)[C@@H]3C=C[C@H]2C3)cc1. The summed E-state index contributed by atoms with van der Waals surface area (Å²) in [5.41, 5.74) is 1.27. The smallest absolute Gasteiger partial charge is 0.134 e. The van der Waals surface area contributed by atoms with Crippen molar-refractivity contribution in [1.29, 1.82) is 0 Å². The van der Waals surface area contributed by atoms with Crippen LogP contribution < -0.4 is 4.74 Å². The molecule has 0 saturated heterocycles. The molecule has 94 valence electrons. The second-order valence-corrected chi connectivity index (χ2v) is 5.38. The van der Waals surface area contributed by atoms with Crippen LogP contribution in [0.1, 0.15) is 24.8 Å². The van der Waals surface area contributed by atoms with E-state index in [-0.39, 0.29) is 5.92 Å². The van der Waals surface area contributed by atoms with Crippen LogP contribution in [0.2, 0.25) is 0 Å². The second kappa shape index (κ2) is 4.27. The average Bonchev–Trinajstić information content (AvgIpc) is 2.99. The fourth-order valence-corrected chi connectivity index (χ4v) is 3.66. The highest BCUT2D eigenvalue weighted by Crippen LogP contribution is 2.53. The lowest BCUT2D eigenvalue weighted by Gasteiger charge is -2.26. The maximum absolute atomic E-state index is 11.9. The average molecular weight is 242 g/mol. The van der Waals surface area contributed by atoms with E-state index in [4.69, 9.17) is 4.74 Å². The fourth-order valence-electron chi connectivity index (χ4n) is 3.66. The van der Waals surface area contributed by atoms with Crippen LogP contribution in [0.3, 0.4) is 0 Å². The molecule has 0 amide bonds. The minimum atomic E-state index is 0.174. The van der Waals surface area contributed by atoms with Crippen molar-refractivity contribution in [2.45, 2.75) is 19.3 Å². The standard InChI is InChI=1S/C16H18O2/c1-10(17)15-12-3-4-13(9-12)16(15)11-5-7-14(18-2)8-6-11/h3-8,12-13,15-16H,9H2,1-2H3/t12-,13+,15-,16-/m1/s1. The molecule has 2 heteroatoms. The maximum atomic E-state index is 11.9. The van der Waals surface area contributed by atoms with E-state index in [0.717, 1.165) is 12.2 Å². The summed E-state index contributed by atoms with van der Waals surface area (Å²) in [4.78, 5) is 11.9. The first kappa shape index (κ1) is 11.5. The van der Waals surface area contributed by atoms with Crippen molar-refractivity contribution < 1.29 is 9.53 Å². The Kier molecular flexibility index (Phi) is 2.73. The summed E-state index contributed by atoms with van der Waals surface area (Å²) in [6.07, 6.45) is 5.66. The fraction of sp³-hybridized carbons (Fsp3) is 0.438. The van der Waals surface area contributed by atoms with Gasteiger partial charge in [0, 0.05) is 11.8 Å². The summed E-state index contributed by atoms with van der Waals surface area (Å²) in [5.74, 6) is 2.73. The van der Waals surface area contributed by atoms with Gasteiger partial charge in [-0.25, -0.2) is 0 Å². The molecule has 0 aliphatic heterocycles. The number of carbonyl (C=O) groups is 1. The Bertz CT molecular complexity index is 486. The molecule has 0 aromatic heterocycles. The van der Waals surface area contributed by atoms with Gasteiger partial charge in [0.2, 0.25) is 0 Å². The molecule has 2 aliphatic rings. The molecule has 18 heavy (non-hydrogen) atoms. The zero-order chi connectivity index (χ0) is 12.7. The van der Waals surface area contributed by atoms with E-state index in [1.54, 1.807) is 14.0 Å². The van der Waals surface area contributed by atoms with Crippen LogP contribution in [0.4, 0.5) is 0 Å². The van der Waals surface area contributed by atoms with Gasteiger partial charge in [0.05, 0.1) is 7.11 Å². The van der Waals surface area contributed by atoms with Gasteiger partial charge in [-0.3, -0.25) is 4.79 Å². The lowest BCUT2D eigenvalue weighted by molar-refractivity contribution is -0.121. The highest BCUT2D eigenvalue weighted by molar-refractivity contribution is 5.81. The van der Waals surface area contributed by atoms with Crippen molar-refractivity contribution in [2.75, 3.05) is 7.11 Å². The zero-order valence-electron chi connectivity index (χ0n) is 10.8. The summed E-state index contributed by atoms with van der Waals surface area (Å²) in [6.45, 7) is 1.73. The largest absolute Gasteiger partial charge is 0.497 e. The Morgan fingerprint density at radius 2 is 1.83 bits per heavy atom. The summed E-state index contributed by atoms with van der Waals surface area (Å²) < 4.78 is 5.19. The third-order valence-corrected chi connectivity index (χ3v) is 4.43. The Morgan fingerprint density at radius 1 is 1.17 bits per heavy atom.